The van der Waals surface area contributed by atoms with Crippen LogP contribution in [0.3, 0.4) is 0 Å². The third kappa shape index (κ3) is 12.1. The van der Waals surface area contributed by atoms with E-state index in [1.165, 1.54) is 4.90 Å². The van der Waals surface area contributed by atoms with Crippen molar-refractivity contribution < 1.29 is 28.8 Å². The van der Waals surface area contributed by atoms with E-state index in [1.54, 1.807) is 13.8 Å². The van der Waals surface area contributed by atoms with Crippen molar-refractivity contribution in [1.82, 2.24) is 26.2 Å². The number of likely N-dealkylation sites (tertiary alicyclic amines) is 1. The highest BCUT2D eigenvalue weighted by atomic mass is 16.2. The summed E-state index contributed by atoms with van der Waals surface area (Å²) in [5, 5.41) is 11.4. The Morgan fingerprint density at radius 1 is 0.800 bits per heavy atom. The molecule has 0 aromatic rings. The number of hydrogen-bond acceptors (Lipinski definition) is 7. The predicted octanol–water partition coefficient (Wildman–Crippen LogP) is 1.69. The van der Waals surface area contributed by atoms with Gasteiger partial charge in [0, 0.05) is 31.3 Å². The molecule has 1 rings (SSSR count). The number of nitrogens with one attached hydrogen (secondary N) is 4. The molecule has 228 valence electrons. The maximum absolute atomic E-state index is 13.0. The third-order valence-corrected chi connectivity index (χ3v) is 6.75. The second kappa shape index (κ2) is 17.1. The first kappa shape index (κ1) is 35.2. The molecule has 11 heteroatoms. The highest BCUT2D eigenvalue weighted by molar-refractivity contribution is 6.01. The number of amides is 5. The summed E-state index contributed by atoms with van der Waals surface area (Å²) in [5.74, 6) is -1.88. The van der Waals surface area contributed by atoms with E-state index < -0.39 is 29.9 Å². The van der Waals surface area contributed by atoms with Crippen molar-refractivity contribution in [3.63, 3.8) is 0 Å². The van der Waals surface area contributed by atoms with Gasteiger partial charge < -0.3 is 21.3 Å². The van der Waals surface area contributed by atoms with Crippen LogP contribution in [-0.4, -0.2) is 77.5 Å². The van der Waals surface area contributed by atoms with Crippen molar-refractivity contribution in [3.8, 4) is 0 Å². The molecule has 0 aromatic heterocycles. The Morgan fingerprint density at radius 3 is 1.90 bits per heavy atom. The Hall–Kier alpha value is -2.82. The molecule has 4 N–H and O–H groups in total. The molecule has 1 saturated heterocycles. The molecule has 1 heterocycles. The molecule has 1 aliphatic heterocycles. The Labute approximate surface area is 239 Å². The summed E-state index contributed by atoms with van der Waals surface area (Å²) < 4.78 is 0. The van der Waals surface area contributed by atoms with E-state index in [0.29, 0.717) is 32.2 Å². The Bertz CT molecular complexity index is 885. The van der Waals surface area contributed by atoms with Crippen LogP contribution in [0.25, 0.3) is 0 Å². The van der Waals surface area contributed by atoms with Crippen LogP contribution < -0.4 is 21.3 Å². The zero-order valence-corrected chi connectivity index (χ0v) is 25.6. The first-order valence-corrected chi connectivity index (χ1v) is 14.6. The highest BCUT2D eigenvalue weighted by Crippen LogP contribution is 2.14. The normalized spacial score (nSPS) is 16.1. The number of carbonyl (C=O) groups is 6. The summed E-state index contributed by atoms with van der Waals surface area (Å²) in [6.45, 7) is 15.1. The molecule has 1 aliphatic rings. The van der Waals surface area contributed by atoms with Gasteiger partial charge in [-0.2, -0.15) is 0 Å². The molecule has 11 nitrogen and oxygen atoms in total. The summed E-state index contributed by atoms with van der Waals surface area (Å²) in [4.78, 5) is 76.3. The van der Waals surface area contributed by atoms with Gasteiger partial charge in [0.1, 0.15) is 6.04 Å². The van der Waals surface area contributed by atoms with Crippen LogP contribution in [0.15, 0.2) is 0 Å². The van der Waals surface area contributed by atoms with Crippen molar-refractivity contribution in [3.05, 3.63) is 0 Å². The van der Waals surface area contributed by atoms with Gasteiger partial charge in [-0.1, -0.05) is 55.4 Å². The molecular weight excluding hydrogens is 514 g/mol. The lowest BCUT2D eigenvalue weighted by Crippen LogP contribution is -2.56. The van der Waals surface area contributed by atoms with Crippen LogP contribution in [0, 0.1) is 17.8 Å². The largest absolute Gasteiger partial charge is 0.345 e. The van der Waals surface area contributed by atoms with Gasteiger partial charge >= 0.3 is 0 Å². The topological polar surface area (TPSA) is 154 Å². The standard InChI is InChI=1S/C29H51N5O6/c1-17(2)15-22(33-29(40)26(18(3)4)31-20(7)8)28(39)30-16-23(35)32-21(27(38)19(5)6)11-9-10-14-34-24(36)12-13-25(34)37/h17-22,26,31H,9-16H2,1-8H3,(H,30,39)(H,32,35)(H,33,40). The van der Waals surface area contributed by atoms with Gasteiger partial charge in [0.15, 0.2) is 5.78 Å². The fourth-order valence-electron chi connectivity index (χ4n) is 4.61. The summed E-state index contributed by atoms with van der Waals surface area (Å²) in [7, 11) is 0. The fraction of sp³-hybridized carbons (Fsp3) is 0.793. The molecule has 5 amide bonds. The number of Topliss-reactive ketones (excluding diaryl/α,β-unsaturated/α-hetero) is 1. The van der Waals surface area contributed by atoms with Crippen molar-refractivity contribution in [2.75, 3.05) is 13.1 Å². The number of unbranched alkanes of at least 4 members (excludes halogenated alkanes) is 1. The van der Waals surface area contributed by atoms with Gasteiger partial charge in [-0.15, -0.1) is 0 Å². The summed E-state index contributed by atoms with van der Waals surface area (Å²) in [6, 6.07) is -1.92. The van der Waals surface area contributed by atoms with E-state index in [4.69, 9.17) is 0 Å². The lowest BCUT2D eigenvalue weighted by atomic mass is 9.97. The average molecular weight is 566 g/mol. The Morgan fingerprint density at radius 2 is 1.40 bits per heavy atom. The van der Waals surface area contributed by atoms with Gasteiger partial charge in [0.05, 0.1) is 18.6 Å². The fourth-order valence-corrected chi connectivity index (χ4v) is 4.61. The van der Waals surface area contributed by atoms with Gasteiger partial charge in [0.2, 0.25) is 29.5 Å². The van der Waals surface area contributed by atoms with E-state index in [1.807, 2.05) is 41.5 Å². The van der Waals surface area contributed by atoms with Crippen molar-refractivity contribution in [2.45, 2.75) is 118 Å². The first-order valence-electron chi connectivity index (χ1n) is 14.6. The smallest absolute Gasteiger partial charge is 0.243 e. The Kier molecular flexibility index (Phi) is 15.0. The van der Waals surface area contributed by atoms with Crippen LogP contribution in [0.5, 0.6) is 0 Å². The molecule has 40 heavy (non-hydrogen) atoms. The Balaban J connectivity index is 2.72. The number of hydrogen-bond donors (Lipinski definition) is 4. The van der Waals surface area contributed by atoms with Crippen molar-refractivity contribution in [1.29, 1.82) is 0 Å². The molecule has 0 aliphatic carbocycles. The number of carbonyl (C=O) groups excluding carboxylic acids is 6. The SMILES string of the molecule is CC(C)CC(NC(=O)C(NC(C)C)C(C)C)C(=O)NCC(=O)NC(CCCCN1C(=O)CCC1=O)C(=O)C(C)C. The lowest BCUT2D eigenvalue weighted by molar-refractivity contribution is -0.138. The third-order valence-electron chi connectivity index (χ3n) is 6.75. The quantitative estimate of drug-likeness (QED) is 0.146. The van der Waals surface area contributed by atoms with E-state index in [2.05, 4.69) is 21.3 Å². The second-order valence-corrected chi connectivity index (χ2v) is 12.1. The lowest BCUT2D eigenvalue weighted by Gasteiger charge is -2.27. The number of nitrogens with zero attached hydrogens (tertiary/aromatic N) is 1. The van der Waals surface area contributed by atoms with E-state index >= 15 is 0 Å². The van der Waals surface area contributed by atoms with Crippen LogP contribution in [0.2, 0.25) is 0 Å². The van der Waals surface area contributed by atoms with Gasteiger partial charge in [0.25, 0.3) is 0 Å². The minimum atomic E-state index is -0.806. The minimum Gasteiger partial charge on any atom is -0.345 e. The van der Waals surface area contributed by atoms with E-state index in [-0.39, 0.29) is 66.7 Å². The average Bonchev–Trinajstić information content (AvgIpc) is 3.18. The molecule has 3 unspecified atom stereocenters. The van der Waals surface area contributed by atoms with Gasteiger partial charge in [-0.3, -0.25) is 33.7 Å². The van der Waals surface area contributed by atoms with E-state index in [9.17, 15) is 28.8 Å². The van der Waals surface area contributed by atoms with Crippen LogP contribution in [0.1, 0.15) is 93.9 Å². The molecule has 0 bridgehead atoms. The first-order chi connectivity index (χ1) is 18.6. The zero-order chi connectivity index (χ0) is 30.6. The van der Waals surface area contributed by atoms with Gasteiger partial charge in [-0.05, 0) is 37.5 Å². The van der Waals surface area contributed by atoms with E-state index in [0.717, 1.165) is 0 Å². The zero-order valence-electron chi connectivity index (χ0n) is 25.6. The molecule has 0 saturated carbocycles. The van der Waals surface area contributed by atoms with Crippen LogP contribution in [0.4, 0.5) is 0 Å². The monoisotopic (exact) mass is 565 g/mol. The number of ketones is 1. The van der Waals surface area contributed by atoms with Crippen LogP contribution in [-0.2, 0) is 28.8 Å². The summed E-state index contributed by atoms with van der Waals surface area (Å²) in [5.41, 5.74) is 0. The van der Waals surface area contributed by atoms with Crippen LogP contribution >= 0.6 is 0 Å². The molecular formula is C29H51N5O6. The highest BCUT2D eigenvalue weighted by Gasteiger charge is 2.30. The maximum atomic E-state index is 13.0. The number of imide groups is 1. The van der Waals surface area contributed by atoms with Gasteiger partial charge in [-0.25, -0.2) is 0 Å². The van der Waals surface area contributed by atoms with Crippen molar-refractivity contribution >= 4 is 35.3 Å². The molecule has 0 spiro atoms. The molecule has 0 aromatic carbocycles. The second-order valence-electron chi connectivity index (χ2n) is 12.1. The maximum Gasteiger partial charge on any atom is 0.243 e. The summed E-state index contributed by atoms with van der Waals surface area (Å²) >= 11 is 0. The summed E-state index contributed by atoms with van der Waals surface area (Å²) in [6.07, 6.45) is 2.32. The molecule has 0 radical (unpaired) electrons. The molecule has 1 fully saturated rings. The predicted molar refractivity (Wildman–Crippen MR) is 153 cm³/mol. The minimum absolute atomic E-state index is 0.0164. The van der Waals surface area contributed by atoms with Crippen molar-refractivity contribution in [2.24, 2.45) is 17.8 Å². The number of rotatable bonds is 18. The molecule has 3 atom stereocenters.